The van der Waals surface area contributed by atoms with E-state index in [9.17, 15) is 5.11 Å². The Kier molecular flexibility index (Phi) is 4.59. The van der Waals surface area contributed by atoms with E-state index < -0.39 is 6.10 Å². The normalized spacial score (nSPS) is 25.7. The van der Waals surface area contributed by atoms with Crippen molar-refractivity contribution in [2.75, 3.05) is 7.11 Å². The molecule has 1 fully saturated rings. The fraction of sp³-hybridized carbons (Fsp3) is 0.667. The molecule has 18 heavy (non-hydrogen) atoms. The second kappa shape index (κ2) is 6.19. The number of aliphatic hydroxyl groups excluding tert-OH is 1. The van der Waals surface area contributed by atoms with Gasteiger partial charge in [0, 0.05) is 6.07 Å². The van der Waals surface area contributed by atoms with E-state index in [1.807, 2.05) is 18.2 Å². The molecule has 3 unspecified atom stereocenters. The summed E-state index contributed by atoms with van der Waals surface area (Å²) in [7, 11) is 1.61. The van der Waals surface area contributed by atoms with Crippen LogP contribution in [0.4, 0.5) is 0 Å². The van der Waals surface area contributed by atoms with Gasteiger partial charge < -0.3 is 9.84 Å². The van der Waals surface area contributed by atoms with Gasteiger partial charge in [0.2, 0.25) is 5.88 Å². The molecule has 0 spiro atoms. The number of hydrogen-bond donors (Lipinski definition) is 1. The second-order valence-corrected chi connectivity index (χ2v) is 5.17. The first-order valence-corrected chi connectivity index (χ1v) is 6.95. The topological polar surface area (TPSA) is 42.4 Å². The molecule has 100 valence electrons. The van der Waals surface area contributed by atoms with Crippen LogP contribution in [0.15, 0.2) is 18.2 Å². The first-order valence-electron chi connectivity index (χ1n) is 6.95. The van der Waals surface area contributed by atoms with Crippen molar-refractivity contribution in [2.24, 2.45) is 11.8 Å². The van der Waals surface area contributed by atoms with Gasteiger partial charge in [-0.3, -0.25) is 0 Å². The first kappa shape index (κ1) is 13.3. The standard InChI is InChI=1S/C15H23NO2/c1-3-11-7-4-5-8-12(11)15(17)13-9-6-10-14(16-13)18-2/h6,9-12,15,17H,3-5,7-8H2,1-2H3. The number of methoxy groups -OCH3 is 1. The zero-order valence-corrected chi connectivity index (χ0v) is 11.3. The first-order chi connectivity index (χ1) is 8.76. The van der Waals surface area contributed by atoms with Crippen LogP contribution in [0.3, 0.4) is 0 Å². The van der Waals surface area contributed by atoms with Gasteiger partial charge in [-0.25, -0.2) is 4.98 Å². The summed E-state index contributed by atoms with van der Waals surface area (Å²) in [5.74, 6) is 1.56. The van der Waals surface area contributed by atoms with Crippen LogP contribution in [0.1, 0.15) is 50.8 Å². The molecule has 3 nitrogen and oxygen atoms in total. The van der Waals surface area contributed by atoms with Gasteiger partial charge >= 0.3 is 0 Å². The molecule has 1 heterocycles. The molecule has 3 atom stereocenters. The lowest BCUT2D eigenvalue weighted by atomic mass is 9.74. The SMILES string of the molecule is CCC1CCCCC1C(O)c1cccc(OC)n1. The van der Waals surface area contributed by atoms with E-state index in [4.69, 9.17) is 4.74 Å². The van der Waals surface area contributed by atoms with Crippen LogP contribution in [-0.4, -0.2) is 17.2 Å². The van der Waals surface area contributed by atoms with Crippen molar-refractivity contribution in [3.8, 4) is 5.88 Å². The van der Waals surface area contributed by atoms with Crippen LogP contribution in [0.5, 0.6) is 5.88 Å². The highest BCUT2D eigenvalue weighted by atomic mass is 16.5. The molecule has 0 radical (unpaired) electrons. The molecule has 0 aliphatic heterocycles. The molecule has 0 aromatic carbocycles. The van der Waals surface area contributed by atoms with E-state index in [-0.39, 0.29) is 0 Å². The Morgan fingerprint density at radius 2 is 2.17 bits per heavy atom. The largest absolute Gasteiger partial charge is 0.481 e. The monoisotopic (exact) mass is 249 g/mol. The van der Waals surface area contributed by atoms with Crippen LogP contribution in [0.2, 0.25) is 0 Å². The number of hydrogen-bond acceptors (Lipinski definition) is 3. The van der Waals surface area contributed by atoms with Crippen LogP contribution in [0, 0.1) is 11.8 Å². The van der Waals surface area contributed by atoms with Gasteiger partial charge in [0.1, 0.15) is 0 Å². The molecule has 0 bridgehead atoms. The molecule has 1 aromatic rings. The van der Waals surface area contributed by atoms with Gasteiger partial charge in [-0.1, -0.05) is 38.7 Å². The number of nitrogens with zero attached hydrogens (tertiary/aromatic N) is 1. The fourth-order valence-electron chi connectivity index (χ4n) is 3.09. The molecule has 0 amide bonds. The summed E-state index contributed by atoms with van der Waals surface area (Å²) >= 11 is 0. The summed E-state index contributed by atoms with van der Waals surface area (Å²) in [5.41, 5.74) is 0.750. The van der Waals surface area contributed by atoms with Crippen molar-refractivity contribution >= 4 is 0 Å². The van der Waals surface area contributed by atoms with Gasteiger partial charge in [-0.2, -0.15) is 0 Å². The molecular formula is C15H23NO2. The average Bonchev–Trinajstić information content (AvgIpc) is 2.46. The Morgan fingerprint density at radius 1 is 1.39 bits per heavy atom. The summed E-state index contributed by atoms with van der Waals surface area (Å²) < 4.78 is 5.12. The predicted octanol–water partition coefficient (Wildman–Crippen LogP) is 3.34. The van der Waals surface area contributed by atoms with Crippen LogP contribution >= 0.6 is 0 Å². The lowest BCUT2D eigenvalue weighted by molar-refractivity contribution is 0.0418. The zero-order chi connectivity index (χ0) is 13.0. The maximum atomic E-state index is 10.5. The summed E-state index contributed by atoms with van der Waals surface area (Å²) in [5, 5.41) is 10.5. The molecule has 3 heteroatoms. The minimum Gasteiger partial charge on any atom is -0.481 e. The predicted molar refractivity (Wildman–Crippen MR) is 71.5 cm³/mol. The number of aliphatic hydroxyl groups is 1. The number of ether oxygens (including phenoxy) is 1. The van der Waals surface area contributed by atoms with E-state index in [2.05, 4.69) is 11.9 Å². The highest BCUT2D eigenvalue weighted by molar-refractivity contribution is 5.18. The van der Waals surface area contributed by atoms with E-state index >= 15 is 0 Å². The molecule has 1 aliphatic carbocycles. The average molecular weight is 249 g/mol. The molecule has 2 rings (SSSR count). The third kappa shape index (κ3) is 2.83. The summed E-state index contributed by atoms with van der Waals surface area (Å²) in [6.45, 7) is 2.22. The summed E-state index contributed by atoms with van der Waals surface area (Å²) in [6.07, 6.45) is 5.56. The van der Waals surface area contributed by atoms with Gasteiger partial charge in [0.25, 0.3) is 0 Å². The Bertz CT molecular complexity index is 381. The van der Waals surface area contributed by atoms with Crippen molar-refractivity contribution in [3.05, 3.63) is 23.9 Å². The van der Waals surface area contributed by atoms with E-state index in [1.165, 1.54) is 19.3 Å². The van der Waals surface area contributed by atoms with Crippen molar-refractivity contribution in [1.29, 1.82) is 0 Å². The smallest absolute Gasteiger partial charge is 0.213 e. The maximum absolute atomic E-state index is 10.5. The van der Waals surface area contributed by atoms with Gasteiger partial charge in [-0.15, -0.1) is 0 Å². The molecule has 1 N–H and O–H groups in total. The highest BCUT2D eigenvalue weighted by Gasteiger charge is 2.31. The van der Waals surface area contributed by atoms with Crippen molar-refractivity contribution < 1.29 is 9.84 Å². The summed E-state index contributed by atoms with van der Waals surface area (Å²) in [6, 6.07) is 5.61. The highest BCUT2D eigenvalue weighted by Crippen LogP contribution is 2.39. The minimum atomic E-state index is -0.453. The fourth-order valence-corrected chi connectivity index (χ4v) is 3.09. The molecule has 1 aliphatic rings. The Hall–Kier alpha value is -1.09. The second-order valence-electron chi connectivity index (χ2n) is 5.17. The van der Waals surface area contributed by atoms with Crippen molar-refractivity contribution in [1.82, 2.24) is 4.98 Å². The minimum absolute atomic E-state index is 0.350. The van der Waals surface area contributed by atoms with E-state index in [0.717, 1.165) is 18.5 Å². The Balaban J connectivity index is 2.15. The van der Waals surface area contributed by atoms with E-state index in [0.29, 0.717) is 17.7 Å². The Morgan fingerprint density at radius 3 is 2.89 bits per heavy atom. The lowest BCUT2D eigenvalue weighted by Gasteiger charge is -2.34. The third-order valence-electron chi connectivity index (χ3n) is 4.16. The van der Waals surface area contributed by atoms with Crippen molar-refractivity contribution in [2.45, 2.75) is 45.1 Å². The number of aromatic nitrogens is 1. The zero-order valence-electron chi connectivity index (χ0n) is 11.3. The van der Waals surface area contributed by atoms with Crippen LogP contribution < -0.4 is 4.74 Å². The van der Waals surface area contributed by atoms with Crippen LogP contribution in [0.25, 0.3) is 0 Å². The number of pyridine rings is 1. The van der Waals surface area contributed by atoms with Gasteiger partial charge in [0.05, 0.1) is 18.9 Å². The van der Waals surface area contributed by atoms with Crippen molar-refractivity contribution in [3.63, 3.8) is 0 Å². The van der Waals surface area contributed by atoms with E-state index in [1.54, 1.807) is 7.11 Å². The Labute approximate surface area is 109 Å². The summed E-state index contributed by atoms with van der Waals surface area (Å²) in [4.78, 5) is 4.36. The molecule has 1 aromatic heterocycles. The maximum Gasteiger partial charge on any atom is 0.213 e. The van der Waals surface area contributed by atoms with Gasteiger partial charge in [-0.05, 0) is 24.3 Å². The number of rotatable bonds is 4. The molecular weight excluding hydrogens is 226 g/mol. The lowest BCUT2D eigenvalue weighted by Crippen LogP contribution is -2.25. The van der Waals surface area contributed by atoms with Gasteiger partial charge in [0.15, 0.2) is 0 Å². The molecule has 0 saturated heterocycles. The quantitative estimate of drug-likeness (QED) is 0.890. The van der Waals surface area contributed by atoms with Crippen LogP contribution in [-0.2, 0) is 0 Å². The third-order valence-corrected chi connectivity index (χ3v) is 4.16. The molecule has 1 saturated carbocycles.